The van der Waals surface area contributed by atoms with Crippen LogP contribution in [0.1, 0.15) is 43.7 Å². The monoisotopic (exact) mass is 585 g/mol. The second kappa shape index (κ2) is 12.8. The summed E-state index contributed by atoms with van der Waals surface area (Å²) in [5.41, 5.74) is 1.70. The molecule has 0 unspecified atom stereocenters. The fourth-order valence-electron chi connectivity index (χ4n) is 4.76. The SMILES string of the molecule is Cc1ccc(S(=O)(=O)N(CC(=O)N(Cc2ccc(F)cc2)[C@@H](C)C(=O)NC2CCCC2)c2cccc(Cl)c2)cc1. The molecule has 1 aliphatic rings. The van der Waals surface area contributed by atoms with Crippen molar-refractivity contribution in [1.29, 1.82) is 0 Å². The van der Waals surface area contributed by atoms with Crippen molar-refractivity contribution >= 4 is 39.1 Å². The largest absolute Gasteiger partial charge is 0.352 e. The Morgan fingerprint density at radius 1 is 1.02 bits per heavy atom. The molecule has 3 aromatic rings. The highest BCUT2D eigenvalue weighted by Gasteiger charge is 2.33. The second-order valence-corrected chi connectivity index (χ2v) is 12.4. The normalized spacial score (nSPS) is 14.5. The van der Waals surface area contributed by atoms with E-state index in [4.69, 9.17) is 11.6 Å². The number of sulfonamides is 1. The van der Waals surface area contributed by atoms with Crippen LogP contribution in [0.25, 0.3) is 0 Å². The fourth-order valence-corrected chi connectivity index (χ4v) is 6.35. The van der Waals surface area contributed by atoms with Crippen LogP contribution < -0.4 is 9.62 Å². The molecule has 1 saturated carbocycles. The van der Waals surface area contributed by atoms with Crippen molar-refractivity contribution in [2.75, 3.05) is 10.8 Å². The molecule has 1 atom stereocenters. The van der Waals surface area contributed by atoms with Gasteiger partial charge in [-0.3, -0.25) is 13.9 Å². The number of nitrogens with one attached hydrogen (secondary N) is 1. The van der Waals surface area contributed by atoms with Gasteiger partial charge in [-0.25, -0.2) is 12.8 Å². The number of carbonyl (C=O) groups excluding carboxylic acids is 2. The molecule has 0 radical (unpaired) electrons. The first-order valence-electron chi connectivity index (χ1n) is 13.2. The minimum absolute atomic E-state index is 0.00761. The molecule has 10 heteroatoms. The molecule has 0 aromatic heterocycles. The van der Waals surface area contributed by atoms with E-state index in [0.717, 1.165) is 35.6 Å². The highest BCUT2D eigenvalue weighted by atomic mass is 35.5. The van der Waals surface area contributed by atoms with Gasteiger partial charge in [0.15, 0.2) is 0 Å². The van der Waals surface area contributed by atoms with E-state index in [1.54, 1.807) is 37.3 Å². The Hall–Kier alpha value is -3.43. The van der Waals surface area contributed by atoms with Gasteiger partial charge in [-0.2, -0.15) is 0 Å². The molecule has 0 spiro atoms. The fraction of sp³-hybridized carbons (Fsp3) is 0.333. The first-order valence-corrected chi connectivity index (χ1v) is 15.1. The molecule has 1 aliphatic carbocycles. The first-order chi connectivity index (χ1) is 19.0. The number of nitrogens with zero attached hydrogens (tertiary/aromatic N) is 2. The lowest BCUT2D eigenvalue weighted by Crippen LogP contribution is -2.52. The summed E-state index contributed by atoms with van der Waals surface area (Å²) in [6.45, 7) is 2.88. The molecule has 0 bridgehead atoms. The van der Waals surface area contributed by atoms with E-state index in [9.17, 15) is 22.4 Å². The molecular formula is C30H33ClFN3O4S. The van der Waals surface area contributed by atoms with Crippen molar-refractivity contribution in [3.63, 3.8) is 0 Å². The van der Waals surface area contributed by atoms with Gasteiger partial charge < -0.3 is 10.2 Å². The van der Waals surface area contributed by atoms with Crippen LogP contribution in [0.3, 0.4) is 0 Å². The van der Waals surface area contributed by atoms with Gasteiger partial charge >= 0.3 is 0 Å². The number of hydrogen-bond donors (Lipinski definition) is 1. The van der Waals surface area contributed by atoms with Gasteiger partial charge in [0.2, 0.25) is 11.8 Å². The number of rotatable bonds is 10. The van der Waals surface area contributed by atoms with Gasteiger partial charge in [-0.05, 0) is 74.7 Å². The van der Waals surface area contributed by atoms with Crippen LogP contribution in [-0.2, 0) is 26.2 Å². The summed E-state index contributed by atoms with van der Waals surface area (Å²) in [6.07, 6.45) is 3.81. The molecule has 2 amide bonds. The van der Waals surface area contributed by atoms with Gasteiger partial charge in [-0.1, -0.05) is 60.3 Å². The van der Waals surface area contributed by atoms with E-state index >= 15 is 0 Å². The lowest BCUT2D eigenvalue weighted by atomic mass is 10.1. The number of benzene rings is 3. The second-order valence-electron chi connectivity index (χ2n) is 10.1. The molecule has 1 N–H and O–H groups in total. The van der Waals surface area contributed by atoms with E-state index < -0.39 is 34.3 Å². The molecule has 212 valence electrons. The van der Waals surface area contributed by atoms with E-state index in [-0.39, 0.29) is 29.1 Å². The van der Waals surface area contributed by atoms with Crippen LogP contribution in [0, 0.1) is 12.7 Å². The van der Waals surface area contributed by atoms with Gasteiger partial charge in [0.25, 0.3) is 10.0 Å². The third-order valence-corrected chi connectivity index (χ3v) is 9.14. The zero-order valence-electron chi connectivity index (χ0n) is 22.5. The lowest BCUT2D eigenvalue weighted by Gasteiger charge is -2.32. The number of amides is 2. The Labute approximate surface area is 240 Å². The number of halogens is 2. The van der Waals surface area contributed by atoms with Crippen LogP contribution in [0.15, 0.2) is 77.7 Å². The van der Waals surface area contributed by atoms with Crippen molar-refractivity contribution in [2.24, 2.45) is 0 Å². The Bertz CT molecular complexity index is 1440. The van der Waals surface area contributed by atoms with Crippen LogP contribution in [-0.4, -0.2) is 43.8 Å². The van der Waals surface area contributed by atoms with Crippen LogP contribution in [0.4, 0.5) is 10.1 Å². The molecule has 1 fully saturated rings. The summed E-state index contributed by atoms with van der Waals surface area (Å²) in [5, 5.41) is 3.33. The number of hydrogen-bond acceptors (Lipinski definition) is 4. The van der Waals surface area contributed by atoms with E-state index in [0.29, 0.717) is 10.6 Å². The molecular weight excluding hydrogens is 553 g/mol. The van der Waals surface area contributed by atoms with E-state index in [1.165, 1.54) is 47.4 Å². The predicted octanol–water partition coefficient (Wildman–Crippen LogP) is 5.46. The standard InChI is InChI=1S/C30H33ClFN3O4S/c1-21-10-16-28(17-11-21)40(38,39)35(27-9-5-6-24(31)18-27)20-29(36)34(19-23-12-14-25(32)15-13-23)22(2)30(37)33-26-7-3-4-8-26/h5-6,9-18,22,26H,3-4,7-8,19-20H2,1-2H3,(H,33,37)/t22-/m0/s1. The number of anilines is 1. The quantitative estimate of drug-likeness (QED) is 0.342. The Balaban J connectivity index is 1.68. The zero-order valence-corrected chi connectivity index (χ0v) is 24.1. The molecule has 3 aromatic carbocycles. The summed E-state index contributed by atoms with van der Waals surface area (Å²) in [7, 11) is -4.18. The minimum Gasteiger partial charge on any atom is -0.352 e. The molecule has 4 rings (SSSR count). The topological polar surface area (TPSA) is 86.8 Å². The summed E-state index contributed by atoms with van der Waals surface area (Å²) >= 11 is 6.20. The van der Waals surface area contributed by atoms with Crippen molar-refractivity contribution in [2.45, 2.75) is 63.1 Å². The van der Waals surface area contributed by atoms with Crippen molar-refractivity contribution < 1.29 is 22.4 Å². The van der Waals surface area contributed by atoms with E-state index in [1.807, 2.05) is 6.92 Å². The molecule has 0 saturated heterocycles. The molecule has 0 heterocycles. The third-order valence-electron chi connectivity index (χ3n) is 7.12. The Morgan fingerprint density at radius 3 is 2.30 bits per heavy atom. The lowest BCUT2D eigenvalue weighted by molar-refractivity contribution is -0.139. The molecule has 0 aliphatic heterocycles. The summed E-state index contributed by atoms with van der Waals surface area (Å²) in [5.74, 6) is -1.34. The minimum atomic E-state index is -4.18. The third kappa shape index (κ3) is 7.20. The smallest absolute Gasteiger partial charge is 0.264 e. The van der Waals surface area contributed by atoms with Gasteiger partial charge in [-0.15, -0.1) is 0 Å². The highest BCUT2D eigenvalue weighted by molar-refractivity contribution is 7.92. The van der Waals surface area contributed by atoms with Crippen LogP contribution in [0.5, 0.6) is 0 Å². The average Bonchev–Trinajstić information content (AvgIpc) is 3.44. The van der Waals surface area contributed by atoms with E-state index in [2.05, 4.69) is 5.32 Å². The summed E-state index contributed by atoms with van der Waals surface area (Å²) < 4.78 is 42.3. The van der Waals surface area contributed by atoms with Crippen molar-refractivity contribution in [1.82, 2.24) is 10.2 Å². The Morgan fingerprint density at radius 2 is 1.68 bits per heavy atom. The number of carbonyl (C=O) groups is 2. The zero-order chi connectivity index (χ0) is 28.9. The van der Waals surface area contributed by atoms with Crippen LogP contribution >= 0.6 is 11.6 Å². The van der Waals surface area contributed by atoms with Crippen molar-refractivity contribution in [3.8, 4) is 0 Å². The average molecular weight is 586 g/mol. The van der Waals surface area contributed by atoms with Crippen molar-refractivity contribution in [3.05, 3.63) is 94.8 Å². The summed E-state index contributed by atoms with van der Waals surface area (Å²) in [6, 6.07) is 17.4. The first kappa shape index (κ1) is 29.6. The summed E-state index contributed by atoms with van der Waals surface area (Å²) in [4.78, 5) is 28.5. The maximum atomic E-state index is 13.9. The predicted molar refractivity (Wildman–Crippen MR) is 154 cm³/mol. The molecule has 40 heavy (non-hydrogen) atoms. The maximum absolute atomic E-state index is 13.9. The van der Waals surface area contributed by atoms with Gasteiger partial charge in [0.05, 0.1) is 10.6 Å². The Kier molecular flexibility index (Phi) is 9.48. The van der Waals surface area contributed by atoms with Crippen LogP contribution in [0.2, 0.25) is 5.02 Å². The molecule has 7 nitrogen and oxygen atoms in total. The number of aryl methyl sites for hydroxylation is 1. The van der Waals surface area contributed by atoms with Gasteiger partial charge in [0, 0.05) is 17.6 Å². The van der Waals surface area contributed by atoms with Gasteiger partial charge in [0.1, 0.15) is 18.4 Å². The highest BCUT2D eigenvalue weighted by Crippen LogP contribution is 2.27. The maximum Gasteiger partial charge on any atom is 0.264 e.